The molecule has 1 N–H and O–H groups in total. The number of halogens is 1. The lowest BCUT2D eigenvalue weighted by atomic mass is 10.2. The second kappa shape index (κ2) is 7.14. The Balaban J connectivity index is 2.05. The van der Waals surface area contributed by atoms with Gasteiger partial charge in [-0.2, -0.15) is 0 Å². The first kappa shape index (κ1) is 17.3. The summed E-state index contributed by atoms with van der Waals surface area (Å²) < 4.78 is 16.5. The van der Waals surface area contributed by atoms with Gasteiger partial charge in [0.1, 0.15) is 5.82 Å². The van der Waals surface area contributed by atoms with Gasteiger partial charge in [-0.1, -0.05) is 0 Å². The van der Waals surface area contributed by atoms with E-state index < -0.39 is 0 Å². The van der Waals surface area contributed by atoms with Crippen LogP contribution in [0.15, 0.2) is 34.8 Å². The smallest absolute Gasteiger partial charge is 0.338 e. The second-order valence-corrected chi connectivity index (χ2v) is 6.09. The van der Waals surface area contributed by atoms with Crippen LogP contribution >= 0.6 is 15.9 Å². The molecule has 130 valence electrons. The van der Waals surface area contributed by atoms with Gasteiger partial charge >= 0.3 is 5.97 Å². The van der Waals surface area contributed by atoms with Crippen molar-refractivity contribution in [3.8, 4) is 22.9 Å². The molecule has 3 rings (SSSR count). The number of benzene rings is 2. The van der Waals surface area contributed by atoms with E-state index in [1.165, 1.54) is 0 Å². The van der Waals surface area contributed by atoms with Gasteiger partial charge in [0.15, 0.2) is 11.5 Å². The van der Waals surface area contributed by atoms with Gasteiger partial charge < -0.3 is 19.2 Å². The predicted molar refractivity (Wildman–Crippen MR) is 98.3 cm³/mol. The molecule has 0 unspecified atom stereocenters. The second-order valence-electron chi connectivity index (χ2n) is 5.23. The number of rotatable bonds is 5. The zero-order valence-corrected chi connectivity index (χ0v) is 15.6. The van der Waals surface area contributed by atoms with Crippen LogP contribution < -0.4 is 9.47 Å². The standard InChI is InChI=1S/C18H17BrN2O4/c1-4-25-18(22)10-5-6-13-14(8-10)21-17(20-13)11-7-12(19)16(24-3)15(9-11)23-2/h5-9H,4H2,1-3H3,(H,20,21). The number of nitrogens with zero attached hydrogens (tertiary/aromatic N) is 1. The lowest BCUT2D eigenvalue weighted by Gasteiger charge is -2.10. The van der Waals surface area contributed by atoms with Crippen molar-refractivity contribution in [1.82, 2.24) is 9.97 Å². The molecule has 6 nitrogen and oxygen atoms in total. The Morgan fingerprint density at radius 3 is 2.68 bits per heavy atom. The monoisotopic (exact) mass is 404 g/mol. The number of methoxy groups -OCH3 is 2. The average molecular weight is 405 g/mol. The Labute approximate surface area is 153 Å². The van der Waals surface area contributed by atoms with Gasteiger partial charge in [0.2, 0.25) is 0 Å². The largest absolute Gasteiger partial charge is 0.493 e. The number of carbonyl (C=O) groups excluding carboxylic acids is 1. The Kier molecular flexibility index (Phi) is 4.94. The van der Waals surface area contributed by atoms with Crippen LogP contribution in [-0.2, 0) is 4.74 Å². The number of hydrogen-bond donors (Lipinski definition) is 1. The summed E-state index contributed by atoms with van der Waals surface area (Å²) in [6.45, 7) is 2.12. The van der Waals surface area contributed by atoms with E-state index in [0.29, 0.717) is 29.5 Å². The van der Waals surface area contributed by atoms with Crippen LogP contribution in [0, 0.1) is 0 Å². The number of esters is 1. The van der Waals surface area contributed by atoms with Crippen molar-refractivity contribution in [2.75, 3.05) is 20.8 Å². The van der Waals surface area contributed by atoms with Crippen LogP contribution in [0.1, 0.15) is 17.3 Å². The number of nitrogens with one attached hydrogen (secondary N) is 1. The summed E-state index contributed by atoms with van der Waals surface area (Å²) in [5.74, 6) is 1.53. The van der Waals surface area contributed by atoms with Crippen LogP contribution in [0.2, 0.25) is 0 Å². The van der Waals surface area contributed by atoms with E-state index in [-0.39, 0.29) is 5.97 Å². The normalized spacial score (nSPS) is 10.7. The van der Waals surface area contributed by atoms with Crippen molar-refractivity contribution in [2.45, 2.75) is 6.92 Å². The summed E-state index contributed by atoms with van der Waals surface area (Å²) in [4.78, 5) is 19.7. The number of imidazole rings is 1. The van der Waals surface area contributed by atoms with Crippen LogP contribution in [0.5, 0.6) is 11.5 Å². The minimum Gasteiger partial charge on any atom is -0.493 e. The third-order valence-electron chi connectivity index (χ3n) is 3.70. The molecule has 0 spiro atoms. The number of fused-ring (bicyclic) bond motifs is 1. The van der Waals surface area contributed by atoms with Crippen molar-refractivity contribution < 1.29 is 19.0 Å². The quantitative estimate of drug-likeness (QED) is 0.645. The maximum absolute atomic E-state index is 11.9. The van der Waals surface area contributed by atoms with E-state index in [2.05, 4.69) is 25.9 Å². The van der Waals surface area contributed by atoms with E-state index in [9.17, 15) is 4.79 Å². The molecule has 0 aliphatic rings. The minimum atomic E-state index is -0.352. The highest BCUT2D eigenvalue weighted by atomic mass is 79.9. The summed E-state index contributed by atoms with van der Waals surface area (Å²) in [5.41, 5.74) is 2.83. The third-order valence-corrected chi connectivity index (χ3v) is 4.29. The van der Waals surface area contributed by atoms with E-state index in [1.54, 1.807) is 39.3 Å². The topological polar surface area (TPSA) is 73.4 Å². The van der Waals surface area contributed by atoms with Crippen LogP contribution in [0.3, 0.4) is 0 Å². The molecule has 7 heteroatoms. The minimum absolute atomic E-state index is 0.338. The van der Waals surface area contributed by atoms with Gasteiger partial charge in [0.05, 0.1) is 41.9 Å². The zero-order chi connectivity index (χ0) is 18.0. The number of aromatic amines is 1. The molecule has 3 aromatic rings. The zero-order valence-electron chi connectivity index (χ0n) is 14.1. The summed E-state index contributed by atoms with van der Waals surface area (Å²) in [6, 6.07) is 8.96. The molecule has 0 aliphatic carbocycles. The molecule has 0 atom stereocenters. The first-order valence-electron chi connectivity index (χ1n) is 7.66. The molecule has 2 aromatic carbocycles. The molecular formula is C18H17BrN2O4. The number of carbonyl (C=O) groups is 1. The Hall–Kier alpha value is -2.54. The van der Waals surface area contributed by atoms with Crippen LogP contribution in [0.4, 0.5) is 0 Å². The van der Waals surface area contributed by atoms with Gasteiger partial charge in [0, 0.05) is 5.56 Å². The van der Waals surface area contributed by atoms with Crippen LogP contribution in [-0.4, -0.2) is 36.8 Å². The van der Waals surface area contributed by atoms with E-state index in [1.807, 2.05) is 12.1 Å². The average Bonchev–Trinajstić information content (AvgIpc) is 3.04. The maximum atomic E-state index is 11.9. The number of aromatic nitrogens is 2. The lowest BCUT2D eigenvalue weighted by Crippen LogP contribution is -2.04. The Morgan fingerprint density at radius 2 is 2.00 bits per heavy atom. The highest BCUT2D eigenvalue weighted by Gasteiger charge is 2.15. The summed E-state index contributed by atoms with van der Waals surface area (Å²) in [6.07, 6.45) is 0. The molecule has 1 aromatic heterocycles. The van der Waals surface area contributed by atoms with Crippen molar-refractivity contribution in [3.63, 3.8) is 0 Å². The number of ether oxygens (including phenoxy) is 3. The maximum Gasteiger partial charge on any atom is 0.338 e. The molecule has 1 heterocycles. The predicted octanol–water partition coefficient (Wildman–Crippen LogP) is 4.19. The fourth-order valence-corrected chi connectivity index (χ4v) is 3.15. The lowest BCUT2D eigenvalue weighted by molar-refractivity contribution is 0.0526. The highest BCUT2D eigenvalue weighted by molar-refractivity contribution is 9.10. The van der Waals surface area contributed by atoms with Gasteiger partial charge in [-0.15, -0.1) is 0 Å². The van der Waals surface area contributed by atoms with Gasteiger partial charge in [0.25, 0.3) is 0 Å². The summed E-state index contributed by atoms with van der Waals surface area (Å²) in [5, 5.41) is 0. The van der Waals surface area contributed by atoms with Gasteiger partial charge in [-0.3, -0.25) is 0 Å². The van der Waals surface area contributed by atoms with Crippen molar-refractivity contribution in [1.29, 1.82) is 0 Å². The fraction of sp³-hybridized carbons (Fsp3) is 0.222. The molecule has 0 saturated heterocycles. The molecule has 0 aliphatic heterocycles. The first-order chi connectivity index (χ1) is 12.1. The molecule has 0 saturated carbocycles. The van der Waals surface area contributed by atoms with E-state index in [4.69, 9.17) is 14.2 Å². The third kappa shape index (κ3) is 3.32. The molecule has 0 radical (unpaired) electrons. The van der Waals surface area contributed by atoms with Crippen molar-refractivity contribution in [3.05, 3.63) is 40.4 Å². The molecule has 0 amide bonds. The van der Waals surface area contributed by atoms with E-state index >= 15 is 0 Å². The van der Waals surface area contributed by atoms with Gasteiger partial charge in [-0.25, -0.2) is 9.78 Å². The molecular weight excluding hydrogens is 388 g/mol. The SMILES string of the molecule is CCOC(=O)c1ccc2nc(-c3cc(Br)c(OC)c(OC)c3)[nH]c2c1. The molecule has 0 fully saturated rings. The number of H-pyrrole nitrogens is 1. The Bertz CT molecular complexity index is 936. The molecule has 0 bridgehead atoms. The molecule has 25 heavy (non-hydrogen) atoms. The van der Waals surface area contributed by atoms with Crippen molar-refractivity contribution >= 4 is 32.9 Å². The summed E-state index contributed by atoms with van der Waals surface area (Å²) in [7, 11) is 3.17. The summed E-state index contributed by atoms with van der Waals surface area (Å²) >= 11 is 3.48. The first-order valence-corrected chi connectivity index (χ1v) is 8.45. The van der Waals surface area contributed by atoms with Crippen molar-refractivity contribution in [2.24, 2.45) is 0 Å². The van der Waals surface area contributed by atoms with Gasteiger partial charge in [-0.05, 0) is 53.2 Å². The highest BCUT2D eigenvalue weighted by Crippen LogP contribution is 2.39. The Morgan fingerprint density at radius 1 is 1.20 bits per heavy atom. The number of hydrogen-bond acceptors (Lipinski definition) is 5. The van der Waals surface area contributed by atoms with E-state index in [0.717, 1.165) is 21.1 Å². The van der Waals surface area contributed by atoms with Crippen LogP contribution in [0.25, 0.3) is 22.4 Å². The fourth-order valence-electron chi connectivity index (χ4n) is 2.54.